The lowest BCUT2D eigenvalue weighted by atomic mass is 10.3. The van der Waals surface area contributed by atoms with Gasteiger partial charge in [0.15, 0.2) is 0 Å². The lowest BCUT2D eigenvalue weighted by Gasteiger charge is -2.13. The summed E-state index contributed by atoms with van der Waals surface area (Å²) in [5, 5.41) is 10.9. The quantitative estimate of drug-likeness (QED) is 0.397. The van der Waals surface area contributed by atoms with Crippen LogP contribution in [-0.4, -0.2) is 34.1 Å². The molecule has 0 radical (unpaired) electrons. The smallest absolute Gasteiger partial charge is 0.324 e. The molecule has 26 heavy (non-hydrogen) atoms. The van der Waals surface area contributed by atoms with E-state index < -0.39 is 16.1 Å². The van der Waals surface area contributed by atoms with Gasteiger partial charge in [0, 0.05) is 16.0 Å². The van der Waals surface area contributed by atoms with Crippen molar-refractivity contribution in [1.29, 1.82) is 0 Å². The van der Waals surface area contributed by atoms with Gasteiger partial charge in [-0.15, -0.1) is 0 Å². The van der Waals surface area contributed by atoms with E-state index in [9.17, 15) is 19.7 Å². The summed E-state index contributed by atoms with van der Waals surface area (Å²) in [6.07, 6.45) is 1.49. The summed E-state index contributed by atoms with van der Waals surface area (Å²) < 4.78 is 5.50. The molecule has 1 aliphatic heterocycles. The molecule has 1 fully saturated rings. The second-order valence-corrected chi connectivity index (χ2v) is 7.59. The number of hydrogen-bond donors (Lipinski definition) is 0. The summed E-state index contributed by atoms with van der Waals surface area (Å²) in [6.45, 7) is 0.257. The molecule has 1 saturated heterocycles. The van der Waals surface area contributed by atoms with Crippen LogP contribution in [0.1, 0.15) is 4.88 Å². The van der Waals surface area contributed by atoms with Gasteiger partial charge in [0.25, 0.3) is 11.1 Å². The predicted molar refractivity (Wildman–Crippen MR) is 101 cm³/mol. The van der Waals surface area contributed by atoms with Crippen molar-refractivity contribution in [2.24, 2.45) is 0 Å². The third-order valence-corrected chi connectivity index (χ3v) is 5.48. The molecule has 10 heteroatoms. The van der Waals surface area contributed by atoms with Gasteiger partial charge in [-0.1, -0.05) is 22.9 Å². The van der Waals surface area contributed by atoms with E-state index in [1.165, 1.54) is 12.1 Å². The maximum Gasteiger partial charge on any atom is 0.324 e. The molecule has 2 amide bonds. The topological polar surface area (TPSA) is 89.8 Å². The minimum absolute atomic E-state index is 0.0214. The number of carbonyl (C=O) groups is 2. The first-order valence-corrected chi connectivity index (χ1v) is 9.33. The SMILES string of the molecule is O=C1S/C(=C\c2ccc([N+](=O)[O-])s2)C(=O)N1CCOc1ccc(Cl)cc1. The number of nitro groups is 1. The number of ether oxygens (including phenoxy) is 1. The highest BCUT2D eigenvalue weighted by Crippen LogP contribution is 2.34. The maximum absolute atomic E-state index is 12.4. The van der Waals surface area contributed by atoms with Crippen molar-refractivity contribution < 1.29 is 19.2 Å². The first-order chi connectivity index (χ1) is 12.4. The highest BCUT2D eigenvalue weighted by molar-refractivity contribution is 8.18. The zero-order valence-corrected chi connectivity index (χ0v) is 15.5. The Hall–Kier alpha value is -2.36. The number of carbonyl (C=O) groups excluding carboxylic acids is 2. The first kappa shape index (κ1) is 18.4. The molecule has 1 aliphatic rings. The Morgan fingerprint density at radius 1 is 1.19 bits per heavy atom. The zero-order chi connectivity index (χ0) is 18.7. The first-order valence-electron chi connectivity index (χ1n) is 7.32. The molecule has 134 valence electrons. The van der Waals surface area contributed by atoms with Gasteiger partial charge in [-0.25, -0.2) is 0 Å². The van der Waals surface area contributed by atoms with Gasteiger partial charge >= 0.3 is 5.00 Å². The molecule has 2 aromatic rings. The maximum atomic E-state index is 12.4. The summed E-state index contributed by atoms with van der Waals surface area (Å²) in [5.41, 5.74) is 0. The molecular formula is C16H11ClN2O5S2. The molecule has 0 atom stereocenters. The van der Waals surface area contributed by atoms with E-state index in [-0.39, 0.29) is 23.1 Å². The Kier molecular flexibility index (Phi) is 5.60. The summed E-state index contributed by atoms with van der Waals surface area (Å²) in [4.78, 5) is 36.5. The average Bonchev–Trinajstić information content (AvgIpc) is 3.17. The van der Waals surface area contributed by atoms with Crippen LogP contribution < -0.4 is 4.74 Å². The van der Waals surface area contributed by atoms with Crippen LogP contribution in [0.3, 0.4) is 0 Å². The molecule has 7 nitrogen and oxygen atoms in total. The van der Waals surface area contributed by atoms with Crippen molar-refractivity contribution >= 4 is 56.9 Å². The van der Waals surface area contributed by atoms with E-state index >= 15 is 0 Å². The fourth-order valence-corrected chi connectivity index (χ4v) is 3.95. The van der Waals surface area contributed by atoms with Gasteiger partial charge in [0.2, 0.25) is 0 Å². The number of nitrogens with zero attached hydrogens (tertiary/aromatic N) is 2. The summed E-state index contributed by atoms with van der Waals surface area (Å²) in [5.74, 6) is 0.151. The standard InChI is InChI=1S/C16H11ClN2O5S2/c17-10-1-3-11(4-2-10)24-8-7-18-15(20)13(26-16(18)21)9-12-5-6-14(25-12)19(22)23/h1-6,9H,7-8H2/b13-9-. The molecule has 0 N–H and O–H groups in total. The van der Waals surface area contributed by atoms with E-state index in [4.69, 9.17) is 16.3 Å². The molecule has 1 aromatic carbocycles. The van der Waals surface area contributed by atoms with Gasteiger partial charge in [-0.2, -0.15) is 0 Å². The van der Waals surface area contributed by atoms with Gasteiger partial charge < -0.3 is 4.74 Å². The molecule has 1 aromatic heterocycles. The van der Waals surface area contributed by atoms with E-state index in [1.807, 2.05) is 0 Å². The lowest BCUT2D eigenvalue weighted by molar-refractivity contribution is -0.380. The minimum Gasteiger partial charge on any atom is -0.492 e. The Labute approximate surface area is 161 Å². The van der Waals surface area contributed by atoms with Crippen LogP contribution in [0.25, 0.3) is 6.08 Å². The number of thioether (sulfide) groups is 1. The number of amides is 2. The number of benzene rings is 1. The molecule has 3 rings (SSSR count). The monoisotopic (exact) mass is 410 g/mol. The molecule has 0 aliphatic carbocycles. The van der Waals surface area contributed by atoms with Gasteiger partial charge in [0.1, 0.15) is 12.4 Å². The number of imide groups is 1. The van der Waals surface area contributed by atoms with Crippen LogP contribution in [0, 0.1) is 10.1 Å². The van der Waals surface area contributed by atoms with Crippen LogP contribution in [0.5, 0.6) is 5.75 Å². The summed E-state index contributed by atoms with van der Waals surface area (Å²) in [6, 6.07) is 9.65. The number of thiophene rings is 1. The highest BCUT2D eigenvalue weighted by atomic mass is 35.5. The van der Waals surface area contributed by atoms with Crippen molar-refractivity contribution in [1.82, 2.24) is 4.90 Å². The van der Waals surface area contributed by atoms with Crippen LogP contribution in [-0.2, 0) is 4.79 Å². The Morgan fingerprint density at radius 2 is 1.92 bits per heavy atom. The van der Waals surface area contributed by atoms with Crippen molar-refractivity contribution in [3.8, 4) is 5.75 Å². The highest BCUT2D eigenvalue weighted by Gasteiger charge is 2.35. The molecular weight excluding hydrogens is 400 g/mol. The van der Waals surface area contributed by atoms with Crippen molar-refractivity contribution in [2.75, 3.05) is 13.2 Å². The summed E-state index contributed by atoms with van der Waals surface area (Å²) >= 11 is 7.54. The van der Waals surface area contributed by atoms with Crippen molar-refractivity contribution in [3.05, 3.63) is 61.3 Å². The van der Waals surface area contributed by atoms with Crippen LogP contribution in [0.15, 0.2) is 41.3 Å². The predicted octanol–water partition coefficient (Wildman–Crippen LogP) is 4.43. The van der Waals surface area contributed by atoms with E-state index in [2.05, 4.69) is 0 Å². The van der Waals surface area contributed by atoms with Gasteiger partial charge in [0.05, 0.1) is 16.4 Å². The van der Waals surface area contributed by atoms with Crippen LogP contribution in [0.4, 0.5) is 9.80 Å². The average molecular weight is 411 g/mol. The largest absolute Gasteiger partial charge is 0.492 e. The zero-order valence-electron chi connectivity index (χ0n) is 13.1. The Balaban J connectivity index is 1.61. The Bertz CT molecular complexity index is 894. The molecule has 0 bridgehead atoms. The Morgan fingerprint density at radius 3 is 2.58 bits per heavy atom. The third kappa shape index (κ3) is 4.24. The molecule has 2 heterocycles. The second-order valence-electron chi connectivity index (χ2n) is 5.07. The number of rotatable bonds is 6. The molecule has 0 spiro atoms. The fraction of sp³-hybridized carbons (Fsp3) is 0.125. The van der Waals surface area contributed by atoms with Crippen LogP contribution in [0.2, 0.25) is 5.02 Å². The van der Waals surface area contributed by atoms with Crippen molar-refractivity contribution in [3.63, 3.8) is 0 Å². The normalized spacial score (nSPS) is 15.7. The molecule has 0 saturated carbocycles. The third-order valence-electron chi connectivity index (χ3n) is 3.34. The van der Waals surface area contributed by atoms with Crippen LogP contribution >= 0.6 is 34.7 Å². The van der Waals surface area contributed by atoms with E-state index in [0.717, 1.165) is 28.0 Å². The molecule has 0 unspecified atom stereocenters. The van der Waals surface area contributed by atoms with Gasteiger partial charge in [-0.3, -0.25) is 24.6 Å². The van der Waals surface area contributed by atoms with E-state index in [0.29, 0.717) is 15.6 Å². The minimum atomic E-state index is -0.498. The van der Waals surface area contributed by atoms with Gasteiger partial charge in [-0.05, 0) is 48.2 Å². The summed E-state index contributed by atoms with van der Waals surface area (Å²) in [7, 11) is 0. The van der Waals surface area contributed by atoms with Crippen molar-refractivity contribution in [2.45, 2.75) is 0 Å². The lowest BCUT2D eigenvalue weighted by Crippen LogP contribution is -2.32. The number of hydrogen-bond acceptors (Lipinski definition) is 7. The second kappa shape index (κ2) is 7.90. The fourth-order valence-electron chi connectivity index (χ4n) is 2.13. The van der Waals surface area contributed by atoms with E-state index in [1.54, 1.807) is 30.3 Å². The number of halogens is 1.